The summed E-state index contributed by atoms with van der Waals surface area (Å²) >= 11 is 0. The molecule has 0 rings (SSSR count). The molecule has 0 spiro atoms. The molecule has 0 fully saturated rings. The van der Waals surface area contributed by atoms with Crippen LogP contribution in [0, 0.1) is 11.8 Å². The first kappa shape index (κ1) is 27.1. The van der Waals surface area contributed by atoms with Crippen molar-refractivity contribution < 1.29 is 14.6 Å². The van der Waals surface area contributed by atoms with Crippen molar-refractivity contribution >= 4 is 5.97 Å². The zero-order valence-electron chi connectivity index (χ0n) is 19.9. The van der Waals surface area contributed by atoms with E-state index in [9.17, 15) is 9.90 Å². The van der Waals surface area contributed by atoms with E-state index >= 15 is 0 Å². The van der Waals surface area contributed by atoms with Gasteiger partial charge in [0.2, 0.25) is 0 Å². The molecular weight excluding hydrogens is 350 g/mol. The summed E-state index contributed by atoms with van der Waals surface area (Å²) in [5.41, 5.74) is -2.18. The zero-order valence-corrected chi connectivity index (χ0v) is 19.9. The second kappa shape index (κ2) is 13.4. The Hall–Kier alpha value is -0.870. The Bertz CT molecular complexity index is 457. The predicted octanol–water partition coefficient (Wildman–Crippen LogP) is 5.94. The Morgan fingerprint density at radius 2 is 1.61 bits per heavy atom. The van der Waals surface area contributed by atoms with Crippen LogP contribution in [0.5, 0.6) is 0 Å². The van der Waals surface area contributed by atoms with Crippen molar-refractivity contribution in [3.63, 3.8) is 0 Å². The molecule has 0 aliphatic rings. The highest BCUT2D eigenvalue weighted by Gasteiger charge is 2.49. The van der Waals surface area contributed by atoms with E-state index < -0.39 is 11.3 Å². The molecule has 2 atom stereocenters. The second-order valence-electron chi connectivity index (χ2n) is 9.39. The number of unbranched alkanes of at least 4 members (excludes halogenated alkanes) is 5. The van der Waals surface area contributed by atoms with Gasteiger partial charge in [-0.3, -0.25) is 9.69 Å². The molecule has 0 aromatic rings. The van der Waals surface area contributed by atoms with E-state index in [4.69, 9.17) is 4.74 Å². The van der Waals surface area contributed by atoms with Gasteiger partial charge in [-0.05, 0) is 72.4 Å². The van der Waals surface area contributed by atoms with E-state index in [2.05, 4.69) is 32.9 Å². The minimum atomic E-state index is -1.20. The molecule has 28 heavy (non-hydrogen) atoms. The topological polar surface area (TPSA) is 49.8 Å². The standard InChI is InChI=1S/C24H47NO3/c1-9-10-11-12-13-14-15-16-17-18-21(4)22(26)28-23(5,6)24(27,25(7)8)19-20(2)3/h14-15,20-21,27H,9-13,16-19H2,1-8H3. The van der Waals surface area contributed by atoms with E-state index in [0.717, 1.165) is 25.7 Å². The van der Waals surface area contributed by atoms with Gasteiger partial charge in [0.15, 0.2) is 5.72 Å². The fraction of sp³-hybridized carbons (Fsp3) is 0.875. The fourth-order valence-electron chi connectivity index (χ4n) is 3.55. The molecule has 0 saturated carbocycles. The number of hydrogen-bond acceptors (Lipinski definition) is 4. The summed E-state index contributed by atoms with van der Waals surface area (Å²) in [5, 5.41) is 11.2. The molecule has 0 aromatic heterocycles. The number of ether oxygens (including phenoxy) is 1. The first-order chi connectivity index (χ1) is 13.0. The van der Waals surface area contributed by atoms with Crippen LogP contribution in [0.4, 0.5) is 0 Å². The van der Waals surface area contributed by atoms with E-state index in [-0.39, 0.29) is 17.8 Å². The summed E-state index contributed by atoms with van der Waals surface area (Å²) in [4.78, 5) is 14.4. The highest BCUT2D eigenvalue weighted by molar-refractivity contribution is 5.72. The number of carbonyl (C=O) groups is 1. The third-order valence-corrected chi connectivity index (χ3v) is 5.55. The number of hydrogen-bond donors (Lipinski definition) is 1. The van der Waals surface area contributed by atoms with Crippen molar-refractivity contribution in [1.82, 2.24) is 4.90 Å². The van der Waals surface area contributed by atoms with Gasteiger partial charge >= 0.3 is 5.97 Å². The lowest BCUT2D eigenvalue weighted by Gasteiger charge is -2.47. The molecule has 0 amide bonds. The summed E-state index contributed by atoms with van der Waals surface area (Å²) in [7, 11) is 3.66. The number of esters is 1. The Labute approximate surface area is 174 Å². The Morgan fingerprint density at radius 3 is 2.11 bits per heavy atom. The van der Waals surface area contributed by atoms with Gasteiger partial charge in [-0.15, -0.1) is 0 Å². The van der Waals surface area contributed by atoms with E-state index in [1.165, 1.54) is 25.7 Å². The predicted molar refractivity (Wildman–Crippen MR) is 119 cm³/mol. The summed E-state index contributed by atoms with van der Waals surface area (Å²) in [6.45, 7) is 11.9. The molecule has 166 valence electrons. The van der Waals surface area contributed by atoms with Crippen molar-refractivity contribution in [1.29, 1.82) is 0 Å². The van der Waals surface area contributed by atoms with Crippen LogP contribution in [-0.2, 0) is 9.53 Å². The van der Waals surface area contributed by atoms with E-state index in [1.807, 2.05) is 21.0 Å². The van der Waals surface area contributed by atoms with Gasteiger partial charge in [-0.1, -0.05) is 59.1 Å². The number of rotatable bonds is 15. The van der Waals surface area contributed by atoms with Gasteiger partial charge in [0.05, 0.1) is 5.92 Å². The van der Waals surface area contributed by atoms with Gasteiger partial charge in [-0.25, -0.2) is 0 Å². The summed E-state index contributed by atoms with van der Waals surface area (Å²) in [5.74, 6) is -0.100. The Kier molecular flexibility index (Phi) is 13.0. The van der Waals surface area contributed by atoms with Crippen LogP contribution in [0.2, 0.25) is 0 Å². The zero-order chi connectivity index (χ0) is 21.8. The van der Waals surface area contributed by atoms with Crippen molar-refractivity contribution in [3.05, 3.63) is 12.2 Å². The maximum atomic E-state index is 12.6. The molecule has 4 nitrogen and oxygen atoms in total. The quantitative estimate of drug-likeness (QED) is 0.161. The molecule has 1 N–H and O–H groups in total. The summed E-state index contributed by atoms with van der Waals surface area (Å²) < 4.78 is 5.81. The van der Waals surface area contributed by atoms with Crippen molar-refractivity contribution in [2.45, 2.75) is 111 Å². The molecule has 0 heterocycles. The molecule has 0 radical (unpaired) electrons. The average Bonchev–Trinajstić information content (AvgIpc) is 2.58. The van der Waals surface area contributed by atoms with Crippen molar-refractivity contribution in [2.24, 2.45) is 11.8 Å². The molecule has 2 unspecified atom stereocenters. The lowest BCUT2D eigenvalue weighted by atomic mass is 9.85. The lowest BCUT2D eigenvalue weighted by molar-refractivity contribution is -0.234. The Morgan fingerprint density at radius 1 is 1.04 bits per heavy atom. The van der Waals surface area contributed by atoms with Crippen LogP contribution in [0.1, 0.15) is 99.3 Å². The minimum absolute atomic E-state index is 0.164. The van der Waals surface area contributed by atoms with E-state index in [1.54, 1.807) is 18.7 Å². The second-order valence-corrected chi connectivity index (χ2v) is 9.39. The van der Waals surface area contributed by atoms with Gasteiger partial charge in [0.25, 0.3) is 0 Å². The highest BCUT2D eigenvalue weighted by atomic mass is 16.6. The molecule has 0 aliphatic carbocycles. The summed E-state index contributed by atoms with van der Waals surface area (Å²) in [6.07, 6.45) is 14.2. The third-order valence-electron chi connectivity index (χ3n) is 5.55. The lowest BCUT2D eigenvalue weighted by Crippen LogP contribution is -2.62. The van der Waals surface area contributed by atoms with E-state index in [0.29, 0.717) is 6.42 Å². The molecular formula is C24H47NO3. The number of aliphatic hydroxyl groups is 1. The highest BCUT2D eigenvalue weighted by Crippen LogP contribution is 2.34. The van der Waals surface area contributed by atoms with Crippen LogP contribution in [0.25, 0.3) is 0 Å². The molecule has 0 aromatic carbocycles. The maximum Gasteiger partial charge on any atom is 0.309 e. The van der Waals surface area contributed by atoms with Crippen LogP contribution in [-0.4, -0.2) is 41.4 Å². The Balaban J connectivity index is 4.46. The minimum Gasteiger partial charge on any atom is -0.455 e. The van der Waals surface area contributed by atoms with Crippen molar-refractivity contribution in [3.8, 4) is 0 Å². The van der Waals surface area contributed by atoms with Crippen LogP contribution < -0.4 is 0 Å². The molecule has 4 heteroatoms. The molecule has 0 saturated heterocycles. The van der Waals surface area contributed by atoms with Gasteiger partial charge in [0, 0.05) is 0 Å². The van der Waals surface area contributed by atoms with Gasteiger partial charge in [0.1, 0.15) is 5.60 Å². The maximum absolute atomic E-state index is 12.6. The van der Waals surface area contributed by atoms with Gasteiger partial charge < -0.3 is 9.84 Å². The first-order valence-electron chi connectivity index (χ1n) is 11.3. The molecule has 0 aliphatic heterocycles. The number of nitrogens with zero attached hydrogens (tertiary/aromatic N) is 1. The summed E-state index contributed by atoms with van der Waals surface area (Å²) in [6, 6.07) is 0. The third kappa shape index (κ3) is 9.56. The van der Waals surface area contributed by atoms with Crippen LogP contribution in [0.3, 0.4) is 0 Å². The number of likely N-dealkylation sites (N-methyl/N-ethyl adjacent to an activating group) is 1. The average molecular weight is 398 g/mol. The SMILES string of the molecule is CCCCCCC=CCCCC(C)C(=O)OC(C)(C)C(O)(CC(C)C)N(C)C. The smallest absolute Gasteiger partial charge is 0.309 e. The number of allylic oxidation sites excluding steroid dienone is 2. The monoisotopic (exact) mass is 397 g/mol. The number of carbonyl (C=O) groups excluding carboxylic acids is 1. The van der Waals surface area contributed by atoms with Crippen LogP contribution in [0.15, 0.2) is 12.2 Å². The first-order valence-corrected chi connectivity index (χ1v) is 11.3. The normalized spacial score (nSPS) is 16.0. The fourth-order valence-corrected chi connectivity index (χ4v) is 3.55. The molecule has 0 bridgehead atoms. The van der Waals surface area contributed by atoms with Crippen molar-refractivity contribution in [2.75, 3.05) is 14.1 Å². The van der Waals surface area contributed by atoms with Crippen LogP contribution >= 0.6 is 0 Å². The largest absolute Gasteiger partial charge is 0.455 e. The van der Waals surface area contributed by atoms with Gasteiger partial charge in [-0.2, -0.15) is 0 Å².